The minimum Gasteiger partial charge on any atom is -0.342 e. The molecule has 0 heterocycles. The third kappa shape index (κ3) is 5.53. The van der Waals surface area contributed by atoms with Gasteiger partial charge in [-0.1, -0.05) is 32.0 Å². The Kier molecular flexibility index (Phi) is 6.34. The lowest BCUT2D eigenvalue weighted by Gasteiger charge is -2.19. The average Bonchev–Trinajstić information content (AvgIpc) is 2.44. The fraction of sp³-hybridized carbons (Fsp3) is 0.429. The van der Waals surface area contributed by atoms with Crippen LogP contribution in [0.1, 0.15) is 20.3 Å². The van der Waals surface area contributed by atoms with Crippen LogP contribution in [0, 0.1) is 17.2 Å². The first-order chi connectivity index (χ1) is 9.86. The van der Waals surface area contributed by atoms with Crippen LogP contribution in [-0.2, 0) is 14.8 Å². The van der Waals surface area contributed by atoms with Crippen molar-refractivity contribution in [3.05, 3.63) is 30.3 Å². The van der Waals surface area contributed by atoms with Gasteiger partial charge in [-0.2, -0.15) is 9.98 Å². The van der Waals surface area contributed by atoms with Crippen LogP contribution in [0.3, 0.4) is 0 Å². The van der Waals surface area contributed by atoms with Gasteiger partial charge in [-0.15, -0.1) is 0 Å². The van der Waals surface area contributed by atoms with Crippen LogP contribution in [0.15, 0.2) is 35.2 Å². The van der Waals surface area contributed by atoms with Gasteiger partial charge in [-0.25, -0.2) is 8.42 Å². The van der Waals surface area contributed by atoms with Crippen LogP contribution in [0.2, 0.25) is 0 Å². The van der Waals surface area contributed by atoms with Crippen molar-refractivity contribution in [3.63, 3.8) is 0 Å². The van der Waals surface area contributed by atoms with E-state index < -0.39 is 22.0 Å². The van der Waals surface area contributed by atoms with E-state index >= 15 is 0 Å². The molecule has 0 saturated carbocycles. The molecule has 0 bridgehead atoms. The van der Waals surface area contributed by atoms with Crippen molar-refractivity contribution in [1.82, 2.24) is 10.0 Å². The quantitative estimate of drug-likeness (QED) is 0.734. The van der Waals surface area contributed by atoms with Crippen molar-refractivity contribution in [2.45, 2.75) is 31.2 Å². The van der Waals surface area contributed by atoms with Gasteiger partial charge >= 0.3 is 0 Å². The van der Waals surface area contributed by atoms with Crippen molar-refractivity contribution in [1.29, 1.82) is 5.26 Å². The summed E-state index contributed by atoms with van der Waals surface area (Å²) in [5.41, 5.74) is 0. The molecule has 0 aliphatic heterocycles. The molecule has 114 valence electrons. The maximum absolute atomic E-state index is 12.2. The Morgan fingerprint density at radius 2 is 1.90 bits per heavy atom. The van der Waals surface area contributed by atoms with Gasteiger partial charge < -0.3 is 5.32 Å². The molecule has 1 amide bonds. The number of nitriles is 1. The van der Waals surface area contributed by atoms with Crippen molar-refractivity contribution >= 4 is 15.9 Å². The molecule has 6 nitrogen and oxygen atoms in total. The Balaban J connectivity index is 2.90. The van der Waals surface area contributed by atoms with Gasteiger partial charge in [0.05, 0.1) is 11.0 Å². The zero-order valence-electron chi connectivity index (χ0n) is 12.0. The van der Waals surface area contributed by atoms with Gasteiger partial charge in [0.2, 0.25) is 15.9 Å². The third-order valence-electron chi connectivity index (χ3n) is 2.72. The highest BCUT2D eigenvalue weighted by Crippen LogP contribution is 2.12. The van der Waals surface area contributed by atoms with Crippen molar-refractivity contribution in [2.24, 2.45) is 5.92 Å². The summed E-state index contributed by atoms with van der Waals surface area (Å²) in [6, 6.07) is 8.75. The molecule has 0 aromatic heterocycles. The van der Waals surface area contributed by atoms with Crippen LogP contribution >= 0.6 is 0 Å². The van der Waals surface area contributed by atoms with E-state index in [2.05, 4.69) is 10.0 Å². The first kappa shape index (κ1) is 17.1. The Morgan fingerprint density at radius 3 is 2.43 bits per heavy atom. The number of hydrogen-bond donors (Lipinski definition) is 2. The molecule has 0 saturated heterocycles. The van der Waals surface area contributed by atoms with Crippen LogP contribution in [0.25, 0.3) is 0 Å². The average molecular weight is 309 g/mol. The van der Waals surface area contributed by atoms with Gasteiger partial charge in [0.1, 0.15) is 12.6 Å². The zero-order valence-corrected chi connectivity index (χ0v) is 12.9. The number of nitrogens with zero attached hydrogens (tertiary/aromatic N) is 1. The van der Waals surface area contributed by atoms with E-state index in [1.165, 1.54) is 12.1 Å². The summed E-state index contributed by atoms with van der Waals surface area (Å²) in [6.45, 7) is 3.63. The SMILES string of the molecule is CC(C)C[C@H](NS(=O)(=O)c1ccccc1)C(=O)NCC#N. The summed E-state index contributed by atoms with van der Waals surface area (Å²) < 4.78 is 26.9. The summed E-state index contributed by atoms with van der Waals surface area (Å²) in [6.07, 6.45) is 0.351. The van der Waals surface area contributed by atoms with E-state index in [4.69, 9.17) is 5.26 Å². The van der Waals surface area contributed by atoms with Crippen LogP contribution in [-0.4, -0.2) is 26.9 Å². The third-order valence-corrected chi connectivity index (χ3v) is 4.20. The van der Waals surface area contributed by atoms with Crippen molar-refractivity contribution < 1.29 is 13.2 Å². The fourth-order valence-electron chi connectivity index (χ4n) is 1.78. The Bertz CT molecular complexity index is 606. The highest BCUT2D eigenvalue weighted by atomic mass is 32.2. The normalized spacial score (nSPS) is 12.7. The molecule has 0 radical (unpaired) electrons. The highest BCUT2D eigenvalue weighted by molar-refractivity contribution is 7.89. The standard InChI is InChI=1S/C14H19N3O3S/c1-11(2)10-13(14(18)16-9-8-15)17-21(19,20)12-6-4-3-5-7-12/h3-7,11,13,17H,9-10H2,1-2H3,(H,16,18)/t13-/m0/s1. The number of rotatable bonds is 7. The summed E-state index contributed by atoms with van der Waals surface area (Å²) in [5.74, 6) is -0.369. The molecule has 2 N–H and O–H groups in total. The minimum atomic E-state index is -3.77. The molecule has 0 fully saturated rings. The maximum atomic E-state index is 12.2. The molecule has 1 atom stereocenters. The van der Waals surface area contributed by atoms with E-state index in [-0.39, 0.29) is 17.4 Å². The van der Waals surface area contributed by atoms with E-state index in [1.807, 2.05) is 13.8 Å². The number of carbonyl (C=O) groups is 1. The molecular weight excluding hydrogens is 290 g/mol. The number of hydrogen-bond acceptors (Lipinski definition) is 4. The predicted octanol–water partition coefficient (Wildman–Crippen LogP) is 1.02. The minimum absolute atomic E-state index is 0.104. The van der Waals surface area contributed by atoms with Crippen LogP contribution < -0.4 is 10.0 Å². The van der Waals surface area contributed by atoms with Gasteiger partial charge in [0.15, 0.2) is 0 Å². The van der Waals surface area contributed by atoms with Gasteiger partial charge in [0.25, 0.3) is 0 Å². The Hall–Kier alpha value is -1.91. The first-order valence-corrected chi connectivity index (χ1v) is 8.07. The molecule has 1 aromatic rings. The summed E-state index contributed by atoms with van der Waals surface area (Å²) >= 11 is 0. The van der Waals surface area contributed by atoms with Crippen molar-refractivity contribution in [3.8, 4) is 6.07 Å². The highest BCUT2D eigenvalue weighted by Gasteiger charge is 2.26. The molecule has 7 heteroatoms. The maximum Gasteiger partial charge on any atom is 0.241 e. The smallest absolute Gasteiger partial charge is 0.241 e. The van der Waals surface area contributed by atoms with Gasteiger partial charge in [-0.3, -0.25) is 4.79 Å². The lowest BCUT2D eigenvalue weighted by atomic mass is 10.0. The molecule has 1 aromatic carbocycles. The van der Waals surface area contributed by atoms with E-state index in [0.717, 1.165) is 0 Å². The second kappa shape index (κ2) is 7.76. The summed E-state index contributed by atoms with van der Waals surface area (Å²) in [7, 11) is -3.77. The summed E-state index contributed by atoms with van der Waals surface area (Å²) in [4.78, 5) is 12.1. The second-order valence-electron chi connectivity index (χ2n) is 4.99. The molecular formula is C14H19N3O3S. The van der Waals surface area contributed by atoms with Gasteiger partial charge in [0, 0.05) is 0 Å². The first-order valence-electron chi connectivity index (χ1n) is 6.59. The monoisotopic (exact) mass is 309 g/mol. The second-order valence-corrected chi connectivity index (χ2v) is 6.71. The zero-order chi connectivity index (χ0) is 15.9. The molecule has 1 rings (SSSR count). The van der Waals surface area contributed by atoms with Crippen molar-refractivity contribution in [2.75, 3.05) is 6.54 Å². The number of nitrogens with one attached hydrogen (secondary N) is 2. The topological polar surface area (TPSA) is 99.1 Å². The number of amides is 1. The molecule has 0 unspecified atom stereocenters. The largest absolute Gasteiger partial charge is 0.342 e. The molecule has 0 aliphatic carbocycles. The number of carbonyl (C=O) groups excluding carboxylic acids is 1. The number of benzene rings is 1. The molecule has 21 heavy (non-hydrogen) atoms. The summed E-state index contributed by atoms with van der Waals surface area (Å²) in [5, 5.41) is 10.9. The van der Waals surface area contributed by atoms with Crippen LogP contribution in [0.4, 0.5) is 0 Å². The predicted molar refractivity (Wildman–Crippen MR) is 78.6 cm³/mol. The number of sulfonamides is 1. The van der Waals surface area contributed by atoms with E-state index in [9.17, 15) is 13.2 Å². The Labute approximate surface area is 125 Å². The van der Waals surface area contributed by atoms with E-state index in [0.29, 0.717) is 6.42 Å². The van der Waals surface area contributed by atoms with Gasteiger partial charge in [-0.05, 0) is 24.5 Å². The van der Waals surface area contributed by atoms with E-state index in [1.54, 1.807) is 24.3 Å². The lowest BCUT2D eigenvalue weighted by molar-refractivity contribution is -0.122. The Morgan fingerprint density at radius 1 is 1.29 bits per heavy atom. The lowest BCUT2D eigenvalue weighted by Crippen LogP contribution is -2.47. The fourth-order valence-corrected chi connectivity index (χ4v) is 3.01. The molecule has 0 spiro atoms. The van der Waals surface area contributed by atoms with Crippen LogP contribution in [0.5, 0.6) is 0 Å². The molecule has 0 aliphatic rings.